The van der Waals surface area contributed by atoms with Crippen LogP contribution in [0.5, 0.6) is 0 Å². The molecule has 2 heterocycles. The normalized spacial score (nSPS) is 15.2. The monoisotopic (exact) mass is 319 g/mol. The Morgan fingerprint density at radius 3 is 2.50 bits per heavy atom. The molecule has 0 radical (unpaired) electrons. The van der Waals surface area contributed by atoms with Crippen LogP contribution in [0.1, 0.15) is 11.3 Å². The Balaban J connectivity index is 1.54. The van der Waals surface area contributed by atoms with Crippen molar-refractivity contribution in [1.82, 2.24) is 10.1 Å². The van der Waals surface area contributed by atoms with Gasteiger partial charge in [0.15, 0.2) is 5.82 Å². The van der Waals surface area contributed by atoms with Gasteiger partial charge in [0, 0.05) is 37.3 Å². The molecule has 0 atom stereocenters. The third-order valence-corrected chi connectivity index (χ3v) is 4.09. The van der Waals surface area contributed by atoms with Crippen LogP contribution in [0.25, 0.3) is 0 Å². The first kappa shape index (κ1) is 14.9. The number of carbonyl (C=O) groups is 1. The summed E-state index contributed by atoms with van der Waals surface area (Å²) in [4.78, 5) is 16.4. The quantitative estimate of drug-likeness (QED) is 0.872. The minimum absolute atomic E-state index is 0.151. The fraction of sp³-hybridized carbons (Fsp3) is 0.375. The number of anilines is 1. The molecule has 0 unspecified atom stereocenters. The Kier molecular flexibility index (Phi) is 4.34. The van der Waals surface area contributed by atoms with Gasteiger partial charge in [0.25, 0.3) is 0 Å². The Morgan fingerprint density at radius 1 is 1.23 bits per heavy atom. The minimum Gasteiger partial charge on any atom is -0.360 e. The molecule has 0 N–H and O–H groups in total. The van der Waals surface area contributed by atoms with E-state index in [0.717, 1.165) is 30.2 Å². The Labute approximate surface area is 134 Å². The lowest BCUT2D eigenvalue weighted by Crippen LogP contribution is -2.49. The first-order chi connectivity index (χ1) is 10.6. The van der Waals surface area contributed by atoms with Gasteiger partial charge >= 0.3 is 0 Å². The van der Waals surface area contributed by atoms with Crippen LogP contribution >= 0.6 is 11.6 Å². The number of amides is 1. The minimum atomic E-state index is 0.151. The lowest BCUT2D eigenvalue weighted by Gasteiger charge is -2.34. The molecule has 1 aromatic carbocycles. The van der Waals surface area contributed by atoms with Crippen LogP contribution in [0, 0.1) is 6.92 Å². The van der Waals surface area contributed by atoms with E-state index in [1.54, 1.807) is 0 Å². The van der Waals surface area contributed by atoms with Crippen LogP contribution < -0.4 is 4.90 Å². The van der Waals surface area contributed by atoms with Gasteiger partial charge < -0.3 is 14.3 Å². The Morgan fingerprint density at radius 2 is 1.91 bits per heavy atom. The number of carbonyl (C=O) groups excluding carboxylic acids is 1. The molecule has 1 amide bonds. The second-order valence-corrected chi connectivity index (χ2v) is 5.90. The summed E-state index contributed by atoms with van der Waals surface area (Å²) in [7, 11) is 0. The SMILES string of the molecule is Cc1cc(N2CCN(C(=O)Cc3ccc(Cl)cc3)CC2)no1. The van der Waals surface area contributed by atoms with E-state index in [2.05, 4.69) is 10.1 Å². The van der Waals surface area contributed by atoms with Crippen molar-refractivity contribution in [2.45, 2.75) is 13.3 Å². The molecule has 22 heavy (non-hydrogen) atoms. The van der Waals surface area contributed by atoms with Gasteiger partial charge in [0.1, 0.15) is 5.76 Å². The summed E-state index contributed by atoms with van der Waals surface area (Å²) in [5.74, 6) is 1.80. The first-order valence-electron chi connectivity index (χ1n) is 7.32. The van der Waals surface area contributed by atoms with E-state index in [-0.39, 0.29) is 5.91 Å². The molecular weight excluding hydrogens is 302 g/mol. The molecule has 1 aromatic heterocycles. The average molecular weight is 320 g/mol. The number of hydrogen-bond donors (Lipinski definition) is 0. The van der Waals surface area contributed by atoms with Crippen molar-refractivity contribution < 1.29 is 9.32 Å². The van der Waals surface area contributed by atoms with E-state index in [1.807, 2.05) is 42.2 Å². The van der Waals surface area contributed by atoms with Crippen molar-refractivity contribution in [2.75, 3.05) is 31.1 Å². The summed E-state index contributed by atoms with van der Waals surface area (Å²) in [6.07, 6.45) is 0.417. The predicted octanol–water partition coefficient (Wildman–Crippen LogP) is 2.53. The Hall–Kier alpha value is -2.01. The van der Waals surface area contributed by atoms with Gasteiger partial charge in [-0.3, -0.25) is 4.79 Å². The van der Waals surface area contributed by atoms with E-state index < -0.39 is 0 Å². The van der Waals surface area contributed by atoms with E-state index >= 15 is 0 Å². The molecule has 6 heteroatoms. The molecule has 0 bridgehead atoms. The molecule has 0 saturated carbocycles. The molecule has 3 rings (SSSR count). The number of hydrogen-bond acceptors (Lipinski definition) is 4. The number of benzene rings is 1. The highest BCUT2D eigenvalue weighted by Crippen LogP contribution is 2.17. The fourth-order valence-corrected chi connectivity index (χ4v) is 2.70. The van der Waals surface area contributed by atoms with Gasteiger partial charge in [-0.25, -0.2) is 0 Å². The first-order valence-corrected chi connectivity index (χ1v) is 7.70. The molecule has 1 aliphatic rings. The maximum atomic E-state index is 12.3. The molecule has 0 aliphatic carbocycles. The van der Waals surface area contributed by atoms with Crippen LogP contribution in [0.3, 0.4) is 0 Å². The van der Waals surface area contributed by atoms with Gasteiger partial charge in [-0.05, 0) is 24.6 Å². The third-order valence-electron chi connectivity index (χ3n) is 3.84. The molecule has 2 aromatic rings. The standard InChI is InChI=1S/C16H18ClN3O2/c1-12-10-15(18-22-12)19-6-8-20(9-7-19)16(21)11-13-2-4-14(17)5-3-13/h2-5,10H,6-9,11H2,1H3. The zero-order chi connectivity index (χ0) is 15.5. The van der Waals surface area contributed by atoms with Gasteiger partial charge in [-0.2, -0.15) is 0 Å². The van der Waals surface area contributed by atoms with Gasteiger partial charge in [0.2, 0.25) is 5.91 Å². The van der Waals surface area contributed by atoms with E-state index in [0.29, 0.717) is 24.5 Å². The summed E-state index contributed by atoms with van der Waals surface area (Å²) in [6.45, 7) is 4.84. The van der Waals surface area contributed by atoms with Crippen LogP contribution in [-0.4, -0.2) is 42.1 Å². The van der Waals surface area contributed by atoms with Crippen molar-refractivity contribution >= 4 is 23.3 Å². The molecule has 5 nitrogen and oxygen atoms in total. The van der Waals surface area contributed by atoms with Gasteiger partial charge in [-0.1, -0.05) is 28.9 Å². The van der Waals surface area contributed by atoms with Crippen molar-refractivity contribution in [3.63, 3.8) is 0 Å². The molecule has 116 valence electrons. The lowest BCUT2D eigenvalue weighted by molar-refractivity contribution is -0.130. The highest BCUT2D eigenvalue weighted by molar-refractivity contribution is 6.30. The molecule has 1 aliphatic heterocycles. The number of aryl methyl sites for hydroxylation is 1. The Bertz CT molecular complexity index is 646. The number of nitrogens with zero attached hydrogens (tertiary/aromatic N) is 3. The maximum absolute atomic E-state index is 12.3. The van der Waals surface area contributed by atoms with Crippen LogP contribution in [-0.2, 0) is 11.2 Å². The highest BCUT2D eigenvalue weighted by Gasteiger charge is 2.22. The smallest absolute Gasteiger partial charge is 0.227 e. The topological polar surface area (TPSA) is 49.6 Å². The van der Waals surface area contributed by atoms with E-state index in [1.165, 1.54) is 0 Å². The highest BCUT2D eigenvalue weighted by atomic mass is 35.5. The second-order valence-electron chi connectivity index (χ2n) is 5.47. The largest absolute Gasteiger partial charge is 0.360 e. The zero-order valence-corrected chi connectivity index (χ0v) is 13.2. The molecule has 1 saturated heterocycles. The van der Waals surface area contributed by atoms with Crippen molar-refractivity contribution in [2.24, 2.45) is 0 Å². The summed E-state index contributed by atoms with van der Waals surface area (Å²) in [5, 5.41) is 4.71. The average Bonchev–Trinajstić information content (AvgIpc) is 2.96. The number of aromatic nitrogens is 1. The maximum Gasteiger partial charge on any atom is 0.227 e. The number of rotatable bonds is 3. The van der Waals surface area contributed by atoms with Gasteiger partial charge in [-0.15, -0.1) is 0 Å². The summed E-state index contributed by atoms with van der Waals surface area (Å²) >= 11 is 5.86. The fourth-order valence-electron chi connectivity index (χ4n) is 2.58. The number of piperazine rings is 1. The third kappa shape index (κ3) is 3.42. The number of halogens is 1. The van der Waals surface area contributed by atoms with E-state index in [9.17, 15) is 4.79 Å². The lowest BCUT2D eigenvalue weighted by atomic mass is 10.1. The van der Waals surface area contributed by atoms with Crippen LogP contribution in [0.4, 0.5) is 5.82 Å². The van der Waals surface area contributed by atoms with E-state index in [4.69, 9.17) is 16.1 Å². The van der Waals surface area contributed by atoms with Crippen molar-refractivity contribution in [3.05, 3.63) is 46.7 Å². The molecule has 1 fully saturated rings. The second kappa shape index (κ2) is 6.40. The summed E-state index contributed by atoms with van der Waals surface area (Å²) < 4.78 is 5.10. The van der Waals surface area contributed by atoms with Crippen molar-refractivity contribution in [1.29, 1.82) is 0 Å². The zero-order valence-electron chi connectivity index (χ0n) is 12.5. The summed E-state index contributed by atoms with van der Waals surface area (Å²) in [5.41, 5.74) is 0.990. The summed E-state index contributed by atoms with van der Waals surface area (Å²) in [6, 6.07) is 9.35. The molecular formula is C16H18ClN3O2. The van der Waals surface area contributed by atoms with Crippen molar-refractivity contribution in [3.8, 4) is 0 Å². The predicted molar refractivity (Wildman–Crippen MR) is 85.2 cm³/mol. The van der Waals surface area contributed by atoms with Gasteiger partial charge in [0.05, 0.1) is 6.42 Å². The molecule has 0 spiro atoms. The van der Waals surface area contributed by atoms with Crippen LogP contribution in [0.15, 0.2) is 34.9 Å². The van der Waals surface area contributed by atoms with Crippen LogP contribution in [0.2, 0.25) is 5.02 Å².